The minimum atomic E-state index is -1.78. The van der Waals surface area contributed by atoms with E-state index in [4.69, 9.17) is 10.5 Å². The molecule has 16 heteroatoms. The van der Waals surface area contributed by atoms with Gasteiger partial charge in [0.15, 0.2) is 5.82 Å². The van der Waals surface area contributed by atoms with E-state index in [1.807, 2.05) is 41.3 Å². The molecule has 0 radical (unpaired) electrons. The average molecular weight is 712 g/mol. The summed E-state index contributed by atoms with van der Waals surface area (Å²) in [5.41, 5.74) is 6.47. The van der Waals surface area contributed by atoms with E-state index in [1.165, 1.54) is 39.3 Å². The summed E-state index contributed by atoms with van der Waals surface area (Å²) in [6.45, 7) is 1.63. The smallest absolute Gasteiger partial charge is 0.298 e. The summed E-state index contributed by atoms with van der Waals surface area (Å²) in [5.74, 6) is -1.60. The number of anilines is 3. The number of carbonyl (C=O) groups excluding carboxylic acids is 1. The number of hydrogen-bond acceptors (Lipinski definition) is 11. The number of aliphatic hydroxyl groups is 1. The van der Waals surface area contributed by atoms with Crippen molar-refractivity contribution in [3.63, 3.8) is 0 Å². The van der Waals surface area contributed by atoms with Crippen LogP contribution in [0.25, 0.3) is 16.0 Å². The number of nitrogen functional groups attached to an aromatic ring is 1. The Kier molecular flexibility index (Phi) is 8.20. The van der Waals surface area contributed by atoms with Gasteiger partial charge in [0.2, 0.25) is 0 Å². The number of hydrogen-bond donors (Lipinski definition) is 3. The molecular weight excluding hydrogens is 681 g/mol. The molecule has 1 unspecified atom stereocenters. The lowest BCUT2D eigenvalue weighted by molar-refractivity contribution is -0.0427. The Hall–Kier alpha value is -5.71. The summed E-state index contributed by atoms with van der Waals surface area (Å²) in [5, 5.41) is 20.4. The topological polar surface area (TPSA) is 157 Å². The number of rotatable bonds is 9. The number of aromatic nitrogens is 5. The van der Waals surface area contributed by atoms with Crippen LogP contribution in [-0.4, -0.2) is 79.1 Å². The number of ether oxygens (including phenoxy) is 1. The molecule has 1 amide bonds. The van der Waals surface area contributed by atoms with Gasteiger partial charge < -0.3 is 25.8 Å². The molecule has 51 heavy (non-hydrogen) atoms. The fourth-order valence-corrected chi connectivity index (χ4v) is 7.64. The van der Waals surface area contributed by atoms with Crippen molar-refractivity contribution >= 4 is 44.8 Å². The van der Waals surface area contributed by atoms with Crippen LogP contribution in [0.1, 0.15) is 15.9 Å². The van der Waals surface area contributed by atoms with Crippen molar-refractivity contribution in [1.29, 1.82) is 0 Å². The van der Waals surface area contributed by atoms with E-state index in [-0.39, 0.29) is 36.1 Å². The number of para-hydroxylation sites is 1. The molecule has 2 aliphatic rings. The fraction of sp³-hybridized carbons (Fsp3) is 0.229. The van der Waals surface area contributed by atoms with E-state index in [0.29, 0.717) is 48.0 Å². The fourth-order valence-electron chi connectivity index (χ4n) is 6.73. The van der Waals surface area contributed by atoms with Gasteiger partial charge in [0.1, 0.15) is 47.1 Å². The number of amides is 1. The number of nitrogens with zero attached hydrogens (tertiary/aromatic N) is 7. The molecule has 0 aliphatic carbocycles. The zero-order chi connectivity index (χ0) is 35.3. The number of likely N-dealkylation sites (tertiary alicyclic amines) is 1. The molecule has 6 aromatic rings. The monoisotopic (exact) mass is 711 g/mol. The summed E-state index contributed by atoms with van der Waals surface area (Å²) >= 11 is 1.20. The Morgan fingerprint density at radius 1 is 1.08 bits per heavy atom. The molecule has 3 aromatic carbocycles. The maximum Gasteiger partial charge on any atom is 0.298 e. The molecular formula is C35H31F2N9O4S. The Morgan fingerprint density at radius 2 is 1.90 bits per heavy atom. The maximum absolute atomic E-state index is 14.9. The van der Waals surface area contributed by atoms with E-state index in [2.05, 4.69) is 25.3 Å². The summed E-state index contributed by atoms with van der Waals surface area (Å²) in [4.78, 5) is 40.0. The minimum Gasteiger partial charge on any atom is -0.490 e. The number of thiophene rings is 1. The lowest BCUT2D eigenvalue weighted by Gasteiger charge is -2.44. The number of β-amino-alcohol motifs (C(OH)–C–C–N with tert-alkyl or cyclic N) is 1. The Labute approximate surface area is 293 Å². The number of nitrogens with one attached hydrogen (secondary N) is 1. The molecule has 4 N–H and O–H groups in total. The third-order valence-corrected chi connectivity index (χ3v) is 9.95. The minimum absolute atomic E-state index is 0.0199. The van der Waals surface area contributed by atoms with E-state index in [9.17, 15) is 23.5 Å². The average Bonchev–Trinajstić information content (AvgIpc) is 3.77. The van der Waals surface area contributed by atoms with Crippen LogP contribution in [0.15, 0.2) is 89.6 Å². The van der Waals surface area contributed by atoms with Crippen molar-refractivity contribution in [1.82, 2.24) is 34.5 Å². The van der Waals surface area contributed by atoms with E-state index >= 15 is 0 Å². The zero-order valence-electron chi connectivity index (χ0n) is 26.9. The summed E-state index contributed by atoms with van der Waals surface area (Å²) in [6, 6.07) is 18.0. The largest absolute Gasteiger partial charge is 0.490 e. The van der Waals surface area contributed by atoms with Crippen molar-refractivity contribution < 1.29 is 23.4 Å². The van der Waals surface area contributed by atoms with Gasteiger partial charge in [-0.2, -0.15) is 5.10 Å². The van der Waals surface area contributed by atoms with Crippen molar-refractivity contribution in [2.45, 2.75) is 18.2 Å². The molecule has 0 saturated carbocycles. The molecule has 5 heterocycles. The van der Waals surface area contributed by atoms with Crippen LogP contribution in [-0.2, 0) is 12.1 Å². The van der Waals surface area contributed by atoms with Crippen LogP contribution in [0.3, 0.4) is 0 Å². The third kappa shape index (κ3) is 6.06. The van der Waals surface area contributed by atoms with Crippen LogP contribution in [0, 0.1) is 11.6 Å². The predicted octanol–water partition coefficient (Wildman–Crippen LogP) is 3.43. The van der Waals surface area contributed by atoms with Gasteiger partial charge in [-0.15, -0.1) is 11.3 Å². The molecule has 0 bridgehead atoms. The highest BCUT2D eigenvalue weighted by Gasteiger charge is 2.40. The Bertz CT molecular complexity index is 2310. The van der Waals surface area contributed by atoms with Crippen molar-refractivity contribution in [3.8, 4) is 11.4 Å². The molecule has 260 valence electrons. The molecule has 1 saturated heterocycles. The van der Waals surface area contributed by atoms with Crippen molar-refractivity contribution in [3.05, 3.63) is 118 Å². The van der Waals surface area contributed by atoms with Crippen LogP contribution in [0.4, 0.5) is 26.0 Å². The zero-order valence-corrected chi connectivity index (χ0v) is 27.8. The molecule has 2 aliphatic heterocycles. The lowest BCUT2D eigenvalue weighted by atomic mass is 9.90. The maximum atomic E-state index is 14.9. The van der Waals surface area contributed by atoms with Gasteiger partial charge in [-0.05, 0) is 36.4 Å². The number of benzene rings is 3. The van der Waals surface area contributed by atoms with E-state index in [0.717, 1.165) is 23.5 Å². The molecule has 3 aromatic heterocycles. The molecule has 1 atom stereocenters. The predicted molar refractivity (Wildman–Crippen MR) is 187 cm³/mol. The summed E-state index contributed by atoms with van der Waals surface area (Å²) in [7, 11) is 0. The van der Waals surface area contributed by atoms with Gasteiger partial charge in [0.05, 0.1) is 41.6 Å². The first-order valence-corrected chi connectivity index (χ1v) is 17.0. The second kappa shape index (κ2) is 12.9. The van der Waals surface area contributed by atoms with Crippen LogP contribution in [0.5, 0.6) is 5.75 Å². The first-order valence-electron chi connectivity index (χ1n) is 16.1. The molecule has 8 rings (SSSR count). The second-order valence-corrected chi connectivity index (χ2v) is 13.4. The second-order valence-electron chi connectivity index (χ2n) is 12.5. The molecule has 1 fully saturated rings. The van der Waals surface area contributed by atoms with E-state index in [1.54, 1.807) is 17.5 Å². The Balaban J connectivity index is 1.05. The number of fused-ring (bicyclic) bond motifs is 2. The van der Waals surface area contributed by atoms with Gasteiger partial charge in [-0.25, -0.2) is 23.4 Å². The number of carbonyl (C=O) groups is 1. The van der Waals surface area contributed by atoms with E-state index < -0.39 is 28.7 Å². The van der Waals surface area contributed by atoms with Crippen LogP contribution in [0.2, 0.25) is 0 Å². The highest BCUT2D eigenvalue weighted by atomic mass is 32.1. The van der Waals surface area contributed by atoms with Gasteiger partial charge >= 0.3 is 0 Å². The highest BCUT2D eigenvalue weighted by Crippen LogP contribution is 2.39. The quantitative estimate of drug-likeness (QED) is 0.203. The van der Waals surface area contributed by atoms with Crippen molar-refractivity contribution in [2.75, 3.05) is 43.4 Å². The number of halogens is 2. The standard InChI is InChI=1S/C35H31F2N9O4S/c36-21-6-8-26(27(37)12-21)35(49,18-44-20-39-19-40-44)17-43-14-22(15-43)41-32(47)25-16-51-33-30(25)46(34(48)31(38)42-33)24-7-9-29-28(13-24)45(10-11-50-29)23-4-2-1-3-5-23/h1-9,12-13,16,19-20,22,49H,10-11,14-15,17-18H2,(H2,38,42)(H,41,47). The normalized spacial score (nSPS) is 15.9. The summed E-state index contributed by atoms with van der Waals surface area (Å²) in [6.07, 6.45) is 2.70. The lowest BCUT2D eigenvalue weighted by Crippen LogP contribution is -2.62. The highest BCUT2D eigenvalue weighted by molar-refractivity contribution is 7.17. The van der Waals surface area contributed by atoms with Gasteiger partial charge in [0, 0.05) is 42.3 Å². The SMILES string of the molecule is Nc1nc2scc(C(=O)NC3CN(CC(O)(Cn4cncn4)c4ccc(F)cc4F)C3)c2n(-c2ccc3c(c2)N(c2ccccc2)CCO3)c1=O. The third-order valence-electron chi connectivity index (χ3n) is 9.09. The van der Waals surface area contributed by atoms with Gasteiger partial charge in [0.25, 0.3) is 11.5 Å². The molecule has 0 spiro atoms. The molecule has 13 nitrogen and oxygen atoms in total. The van der Waals surface area contributed by atoms with Crippen molar-refractivity contribution in [2.24, 2.45) is 0 Å². The Morgan fingerprint density at radius 3 is 2.67 bits per heavy atom. The number of nitrogens with two attached hydrogens (primary N) is 1. The van der Waals surface area contributed by atoms with Crippen LogP contribution >= 0.6 is 11.3 Å². The van der Waals surface area contributed by atoms with Gasteiger partial charge in [-0.1, -0.05) is 24.3 Å². The van der Waals surface area contributed by atoms with Crippen LogP contribution < -0.4 is 26.2 Å². The first kappa shape index (κ1) is 32.5. The summed E-state index contributed by atoms with van der Waals surface area (Å²) < 4.78 is 37.3. The van der Waals surface area contributed by atoms with Gasteiger partial charge in [-0.3, -0.25) is 19.1 Å². The first-order chi connectivity index (χ1) is 24.7.